The maximum absolute atomic E-state index is 13.1. The molecular formula is C23H18Cl2N2O5. The molecule has 0 bridgehead atoms. The van der Waals surface area contributed by atoms with Crippen LogP contribution >= 0.6 is 23.2 Å². The number of carbonyl (C=O) groups excluding carboxylic acids is 2. The highest BCUT2D eigenvalue weighted by Gasteiger charge is 2.48. The van der Waals surface area contributed by atoms with Crippen LogP contribution in [-0.4, -0.2) is 29.1 Å². The molecule has 0 aliphatic carbocycles. The van der Waals surface area contributed by atoms with Crippen molar-refractivity contribution in [2.75, 3.05) is 12.0 Å². The van der Waals surface area contributed by atoms with Crippen LogP contribution in [0.15, 0.2) is 52.6 Å². The number of nitrogens with zero attached hydrogens (tertiary/aromatic N) is 2. The molecule has 0 spiro atoms. The Hall–Kier alpha value is -3.29. The number of halogens is 2. The van der Waals surface area contributed by atoms with Gasteiger partial charge in [-0.3, -0.25) is 14.5 Å². The molecular weight excluding hydrogens is 455 g/mol. The third-order valence-electron chi connectivity index (χ3n) is 5.23. The number of aromatic nitrogens is 1. The minimum atomic E-state index is -0.989. The maximum atomic E-state index is 13.1. The number of aliphatic hydroxyl groups excluding tert-OH is 1. The van der Waals surface area contributed by atoms with Crippen molar-refractivity contribution in [3.8, 4) is 5.75 Å². The number of aryl methyl sites for hydroxylation is 2. The first-order chi connectivity index (χ1) is 15.2. The number of methoxy groups -OCH3 is 1. The highest BCUT2D eigenvalue weighted by atomic mass is 35.5. The number of amides is 1. The summed E-state index contributed by atoms with van der Waals surface area (Å²) < 4.78 is 10.4. The van der Waals surface area contributed by atoms with E-state index in [9.17, 15) is 14.7 Å². The first-order valence-corrected chi connectivity index (χ1v) is 10.3. The smallest absolute Gasteiger partial charge is 0.301 e. The van der Waals surface area contributed by atoms with E-state index in [1.807, 2.05) is 6.92 Å². The highest BCUT2D eigenvalue weighted by molar-refractivity contribution is 6.51. The Morgan fingerprint density at radius 3 is 2.44 bits per heavy atom. The van der Waals surface area contributed by atoms with Crippen LogP contribution in [0.1, 0.15) is 28.5 Å². The van der Waals surface area contributed by atoms with E-state index in [0.717, 1.165) is 5.56 Å². The SMILES string of the molecule is COc1ccc(/C(O)=C2\C(=O)C(=O)N(c3cc(C)on3)C2c2ccc(Cl)c(Cl)c2)cc1C. The second kappa shape index (κ2) is 8.33. The summed E-state index contributed by atoms with van der Waals surface area (Å²) in [6.07, 6.45) is 0. The molecule has 1 aliphatic rings. The van der Waals surface area contributed by atoms with Gasteiger partial charge in [-0.25, -0.2) is 0 Å². The first-order valence-electron chi connectivity index (χ1n) is 9.57. The van der Waals surface area contributed by atoms with E-state index in [1.54, 1.807) is 43.3 Å². The summed E-state index contributed by atoms with van der Waals surface area (Å²) in [5.41, 5.74) is 1.50. The molecule has 7 nitrogen and oxygen atoms in total. The van der Waals surface area contributed by atoms with Gasteiger partial charge in [0.1, 0.15) is 17.3 Å². The summed E-state index contributed by atoms with van der Waals surface area (Å²) in [6.45, 7) is 3.48. The summed E-state index contributed by atoms with van der Waals surface area (Å²) in [5, 5.41) is 15.6. The molecule has 1 aliphatic heterocycles. The predicted molar refractivity (Wildman–Crippen MR) is 120 cm³/mol. The third kappa shape index (κ3) is 3.63. The number of aliphatic hydroxyl groups is 1. The number of hydrogen-bond donors (Lipinski definition) is 1. The maximum Gasteiger partial charge on any atom is 0.301 e. The van der Waals surface area contributed by atoms with E-state index in [-0.39, 0.29) is 22.2 Å². The number of ether oxygens (including phenoxy) is 1. The van der Waals surface area contributed by atoms with Crippen LogP contribution in [0, 0.1) is 13.8 Å². The van der Waals surface area contributed by atoms with E-state index < -0.39 is 17.7 Å². The monoisotopic (exact) mass is 472 g/mol. The average molecular weight is 473 g/mol. The molecule has 164 valence electrons. The van der Waals surface area contributed by atoms with Crippen molar-refractivity contribution < 1.29 is 24.0 Å². The summed E-state index contributed by atoms with van der Waals surface area (Å²) in [4.78, 5) is 27.3. The molecule has 1 aromatic heterocycles. The molecule has 1 unspecified atom stereocenters. The molecule has 2 heterocycles. The summed E-state index contributed by atoms with van der Waals surface area (Å²) in [7, 11) is 1.54. The van der Waals surface area contributed by atoms with Gasteiger partial charge < -0.3 is 14.4 Å². The van der Waals surface area contributed by atoms with Gasteiger partial charge in [-0.2, -0.15) is 0 Å². The van der Waals surface area contributed by atoms with E-state index >= 15 is 0 Å². The fourth-order valence-corrected chi connectivity index (χ4v) is 4.02. The summed E-state index contributed by atoms with van der Waals surface area (Å²) in [6, 6.07) is 10.3. The quantitative estimate of drug-likeness (QED) is 0.317. The predicted octanol–water partition coefficient (Wildman–Crippen LogP) is 5.23. The van der Waals surface area contributed by atoms with Gasteiger partial charge in [0.15, 0.2) is 5.82 Å². The van der Waals surface area contributed by atoms with Crippen LogP contribution < -0.4 is 9.64 Å². The lowest BCUT2D eigenvalue weighted by Crippen LogP contribution is -2.29. The second-order valence-corrected chi connectivity index (χ2v) is 8.14. The van der Waals surface area contributed by atoms with Crippen molar-refractivity contribution >= 4 is 46.5 Å². The Kier molecular flexibility index (Phi) is 5.71. The Morgan fingerprint density at radius 2 is 1.84 bits per heavy atom. The molecule has 1 amide bonds. The molecule has 0 radical (unpaired) electrons. The number of Topliss-reactive ketones (excluding diaryl/α,β-unsaturated/α-hetero) is 1. The van der Waals surface area contributed by atoms with Gasteiger partial charge in [0.25, 0.3) is 5.78 Å². The second-order valence-electron chi connectivity index (χ2n) is 7.32. The van der Waals surface area contributed by atoms with Gasteiger partial charge >= 0.3 is 5.91 Å². The van der Waals surface area contributed by atoms with E-state index in [4.69, 9.17) is 32.5 Å². The van der Waals surface area contributed by atoms with Gasteiger partial charge in [-0.15, -0.1) is 0 Å². The first kappa shape index (κ1) is 21.9. The third-order valence-corrected chi connectivity index (χ3v) is 5.97. The normalized spacial score (nSPS) is 17.8. The number of anilines is 1. The molecule has 1 atom stereocenters. The molecule has 0 saturated carbocycles. The highest BCUT2D eigenvalue weighted by Crippen LogP contribution is 2.43. The number of ketones is 1. The van der Waals surface area contributed by atoms with Crippen molar-refractivity contribution in [1.29, 1.82) is 0 Å². The van der Waals surface area contributed by atoms with Crippen LogP contribution in [0.3, 0.4) is 0 Å². The average Bonchev–Trinajstić information content (AvgIpc) is 3.30. The minimum Gasteiger partial charge on any atom is -0.507 e. The van der Waals surface area contributed by atoms with Gasteiger partial charge in [-0.05, 0) is 55.3 Å². The fraction of sp³-hybridized carbons (Fsp3) is 0.174. The largest absolute Gasteiger partial charge is 0.507 e. The Morgan fingerprint density at radius 1 is 1.09 bits per heavy atom. The van der Waals surface area contributed by atoms with Crippen LogP contribution in [0.5, 0.6) is 5.75 Å². The van der Waals surface area contributed by atoms with Gasteiger partial charge in [-0.1, -0.05) is 34.4 Å². The number of rotatable bonds is 4. The molecule has 1 saturated heterocycles. The Labute approximate surface area is 193 Å². The number of hydrogen-bond acceptors (Lipinski definition) is 6. The van der Waals surface area contributed by atoms with Gasteiger partial charge in [0.05, 0.1) is 28.8 Å². The Bertz CT molecular complexity index is 1280. The van der Waals surface area contributed by atoms with Crippen molar-refractivity contribution in [3.63, 3.8) is 0 Å². The summed E-state index contributed by atoms with van der Waals surface area (Å²) >= 11 is 12.3. The molecule has 9 heteroatoms. The molecule has 4 rings (SSSR count). The zero-order chi connectivity index (χ0) is 23.2. The zero-order valence-corrected chi connectivity index (χ0v) is 18.9. The molecule has 1 N–H and O–H groups in total. The topological polar surface area (TPSA) is 92.9 Å². The molecule has 2 aromatic carbocycles. The van der Waals surface area contributed by atoms with Crippen LogP contribution in [0.4, 0.5) is 5.82 Å². The van der Waals surface area contributed by atoms with E-state index in [0.29, 0.717) is 27.7 Å². The zero-order valence-electron chi connectivity index (χ0n) is 17.3. The lowest BCUT2D eigenvalue weighted by Gasteiger charge is -2.23. The van der Waals surface area contributed by atoms with Crippen LogP contribution in [0.25, 0.3) is 5.76 Å². The molecule has 1 fully saturated rings. The van der Waals surface area contributed by atoms with E-state index in [1.165, 1.54) is 18.1 Å². The fourth-order valence-electron chi connectivity index (χ4n) is 3.71. The van der Waals surface area contributed by atoms with Crippen LogP contribution in [-0.2, 0) is 9.59 Å². The van der Waals surface area contributed by atoms with Crippen molar-refractivity contribution in [3.05, 3.63) is 80.5 Å². The minimum absolute atomic E-state index is 0.0985. The molecule has 3 aromatic rings. The standard InChI is InChI=1S/C23H18Cl2N2O5/c1-11-8-14(5-7-17(11)31-3)21(28)19-20(13-4-6-15(24)16(25)10-13)27(23(30)22(19)29)18-9-12(2)32-26-18/h4-10,20,28H,1-3H3/b21-19+. The van der Waals surface area contributed by atoms with Crippen molar-refractivity contribution in [2.24, 2.45) is 0 Å². The van der Waals surface area contributed by atoms with Gasteiger partial charge in [0.2, 0.25) is 0 Å². The summed E-state index contributed by atoms with van der Waals surface area (Å²) in [5.74, 6) is -0.797. The molecule has 32 heavy (non-hydrogen) atoms. The van der Waals surface area contributed by atoms with Gasteiger partial charge in [0, 0.05) is 11.6 Å². The van der Waals surface area contributed by atoms with Crippen molar-refractivity contribution in [1.82, 2.24) is 5.16 Å². The van der Waals surface area contributed by atoms with E-state index in [2.05, 4.69) is 5.16 Å². The van der Waals surface area contributed by atoms with Crippen LogP contribution in [0.2, 0.25) is 10.0 Å². The van der Waals surface area contributed by atoms with Crippen molar-refractivity contribution in [2.45, 2.75) is 19.9 Å². The Balaban J connectivity index is 1.95. The number of carbonyl (C=O) groups is 2. The lowest BCUT2D eigenvalue weighted by atomic mass is 9.94. The lowest BCUT2D eigenvalue weighted by molar-refractivity contribution is -0.132. The number of benzene rings is 2.